The highest BCUT2D eigenvalue weighted by atomic mass is 32.2. The number of hydrogen-bond donors (Lipinski definition) is 0. The van der Waals surface area contributed by atoms with Gasteiger partial charge in [0.2, 0.25) is 0 Å². The Morgan fingerprint density at radius 2 is 2.07 bits per heavy atom. The molecule has 3 aliphatic rings. The van der Waals surface area contributed by atoms with Gasteiger partial charge in [-0.05, 0) is 24.6 Å². The van der Waals surface area contributed by atoms with Gasteiger partial charge in [0.15, 0.2) is 5.17 Å². The van der Waals surface area contributed by atoms with Gasteiger partial charge in [-0.3, -0.25) is 9.98 Å². The third-order valence-corrected chi connectivity index (χ3v) is 7.37. The normalized spacial score (nSPS) is 25.9. The highest BCUT2D eigenvalue weighted by molar-refractivity contribution is 8.14. The van der Waals surface area contributed by atoms with Crippen LogP contribution in [0.25, 0.3) is 0 Å². The minimum atomic E-state index is -0.0220. The lowest BCUT2D eigenvalue weighted by Crippen LogP contribution is -2.36. The minimum absolute atomic E-state index is 0.0220. The van der Waals surface area contributed by atoms with Crippen molar-refractivity contribution in [2.24, 2.45) is 4.99 Å². The van der Waals surface area contributed by atoms with E-state index in [1.54, 1.807) is 7.11 Å². The second-order valence-corrected chi connectivity index (χ2v) is 8.85. The summed E-state index contributed by atoms with van der Waals surface area (Å²) in [6, 6.07) is 13.3. The van der Waals surface area contributed by atoms with Crippen molar-refractivity contribution in [2.75, 3.05) is 44.1 Å². The summed E-state index contributed by atoms with van der Waals surface area (Å²) in [5, 5.41) is 1.14. The topological polar surface area (TPSA) is 50.2 Å². The zero-order chi connectivity index (χ0) is 20.5. The molecule has 0 aliphatic carbocycles. The van der Waals surface area contributed by atoms with Crippen LogP contribution < -0.4 is 9.64 Å². The maximum atomic E-state index is 5.93. The highest BCUT2D eigenvalue weighted by Crippen LogP contribution is 2.50. The summed E-state index contributed by atoms with van der Waals surface area (Å²) < 4.78 is 11.4. The first-order valence-electron chi connectivity index (χ1n) is 10.7. The van der Waals surface area contributed by atoms with Gasteiger partial charge >= 0.3 is 0 Å². The van der Waals surface area contributed by atoms with Gasteiger partial charge in [-0.1, -0.05) is 30.8 Å². The number of aromatic nitrogens is 1. The number of amidine groups is 1. The molecule has 3 atom stereocenters. The van der Waals surface area contributed by atoms with E-state index in [0.29, 0.717) is 6.04 Å². The smallest absolute Gasteiger partial charge is 0.160 e. The molecule has 158 valence electrons. The van der Waals surface area contributed by atoms with Gasteiger partial charge in [-0.15, -0.1) is 0 Å². The number of ether oxygens (including phenoxy) is 2. The fourth-order valence-corrected chi connectivity index (χ4v) is 5.99. The number of pyridine rings is 1. The Hall–Kier alpha value is -2.25. The van der Waals surface area contributed by atoms with E-state index in [1.165, 1.54) is 11.3 Å². The predicted molar refractivity (Wildman–Crippen MR) is 122 cm³/mol. The highest BCUT2D eigenvalue weighted by Gasteiger charge is 2.46. The molecule has 7 heteroatoms. The number of rotatable bonds is 5. The molecule has 1 aromatic carbocycles. The molecule has 30 heavy (non-hydrogen) atoms. The van der Waals surface area contributed by atoms with Crippen molar-refractivity contribution in [2.45, 2.75) is 31.5 Å². The molecule has 5 rings (SSSR count). The van der Waals surface area contributed by atoms with E-state index in [4.69, 9.17) is 14.5 Å². The molecule has 0 bridgehead atoms. The van der Waals surface area contributed by atoms with Gasteiger partial charge in [-0.25, -0.2) is 0 Å². The van der Waals surface area contributed by atoms with Crippen molar-refractivity contribution in [3.63, 3.8) is 0 Å². The lowest BCUT2D eigenvalue weighted by molar-refractivity contribution is 0.122. The van der Waals surface area contributed by atoms with Crippen LogP contribution in [0.3, 0.4) is 0 Å². The minimum Gasteiger partial charge on any atom is -0.496 e. The summed E-state index contributed by atoms with van der Waals surface area (Å²) in [5.41, 5.74) is 3.39. The number of fused-ring (bicyclic) bond motifs is 1. The van der Waals surface area contributed by atoms with E-state index in [0.717, 1.165) is 55.1 Å². The number of hydrogen-bond acceptors (Lipinski definition) is 7. The van der Waals surface area contributed by atoms with Crippen LogP contribution in [-0.2, 0) is 4.74 Å². The molecule has 0 saturated carbocycles. The van der Waals surface area contributed by atoms with E-state index in [9.17, 15) is 0 Å². The Labute approximate surface area is 182 Å². The third kappa shape index (κ3) is 3.44. The van der Waals surface area contributed by atoms with Crippen LogP contribution in [0.2, 0.25) is 0 Å². The van der Waals surface area contributed by atoms with Crippen LogP contribution in [0.1, 0.15) is 36.7 Å². The third-order valence-electron chi connectivity index (χ3n) is 6.24. The first kappa shape index (κ1) is 19.7. The van der Waals surface area contributed by atoms with Crippen LogP contribution in [0.4, 0.5) is 5.69 Å². The molecule has 2 saturated heterocycles. The maximum absolute atomic E-state index is 5.93. The monoisotopic (exact) mass is 424 g/mol. The zero-order valence-electron chi connectivity index (χ0n) is 17.5. The molecule has 6 nitrogen and oxygen atoms in total. The molecular formula is C23H28N4O2S. The molecule has 0 amide bonds. The number of anilines is 1. The molecular weight excluding hydrogens is 396 g/mol. The van der Waals surface area contributed by atoms with Gasteiger partial charge in [0.1, 0.15) is 11.8 Å². The Balaban J connectivity index is 1.55. The van der Waals surface area contributed by atoms with Gasteiger partial charge in [0, 0.05) is 48.4 Å². The fraction of sp³-hybridized carbons (Fsp3) is 0.478. The number of thioether (sulfide) groups is 1. The van der Waals surface area contributed by atoms with Crippen LogP contribution in [0, 0.1) is 0 Å². The Bertz CT molecular complexity index is 917. The Morgan fingerprint density at radius 1 is 1.20 bits per heavy atom. The van der Waals surface area contributed by atoms with E-state index in [2.05, 4.69) is 46.0 Å². The van der Waals surface area contributed by atoms with Crippen LogP contribution in [0.15, 0.2) is 47.6 Å². The molecule has 2 fully saturated rings. The second-order valence-electron chi connectivity index (χ2n) is 7.86. The van der Waals surface area contributed by atoms with Gasteiger partial charge in [-0.2, -0.15) is 0 Å². The summed E-state index contributed by atoms with van der Waals surface area (Å²) in [6.07, 6.45) is 2.96. The maximum Gasteiger partial charge on any atom is 0.160 e. The lowest BCUT2D eigenvalue weighted by Gasteiger charge is -2.34. The number of morpholine rings is 1. The van der Waals surface area contributed by atoms with Crippen molar-refractivity contribution in [3.05, 3.63) is 53.9 Å². The van der Waals surface area contributed by atoms with E-state index < -0.39 is 0 Å². The molecule has 0 radical (unpaired) electrons. The molecule has 0 N–H and O–H groups in total. The predicted octanol–water partition coefficient (Wildman–Crippen LogP) is 3.91. The van der Waals surface area contributed by atoms with Crippen LogP contribution >= 0.6 is 11.8 Å². The summed E-state index contributed by atoms with van der Waals surface area (Å²) in [6.45, 7) is 5.63. The number of methoxy groups -OCH3 is 1. The van der Waals surface area contributed by atoms with Crippen molar-refractivity contribution >= 4 is 22.6 Å². The number of benzene rings is 1. The molecule has 0 spiro atoms. The summed E-state index contributed by atoms with van der Waals surface area (Å²) >= 11 is 1.87. The van der Waals surface area contributed by atoms with Crippen molar-refractivity contribution in [1.29, 1.82) is 0 Å². The summed E-state index contributed by atoms with van der Waals surface area (Å²) in [5.74, 6) is 2.02. The Kier molecular flexibility index (Phi) is 5.56. The average Bonchev–Trinajstić information content (AvgIpc) is 3.39. The van der Waals surface area contributed by atoms with E-state index in [-0.39, 0.29) is 12.1 Å². The SMILES string of the molecule is CC[C@@H]1CSC2=N[C@@H](c3ccccn3)[C@H](c3ccc(N4CCOCC4)cc3OC)N21. The van der Waals surface area contributed by atoms with Gasteiger partial charge < -0.3 is 19.3 Å². The fourth-order valence-electron chi connectivity index (χ4n) is 4.65. The van der Waals surface area contributed by atoms with Crippen molar-refractivity contribution in [3.8, 4) is 5.75 Å². The van der Waals surface area contributed by atoms with Gasteiger partial charge in [0.25, 0.3) is 0 Å². The average molecular weight is 425 g/mol. The second kappa shape index (κ2) is 8.47. The first-order valence-corrected chi connectivity index (χ1v) is 11.7. The van der Waals surface area contributed by atoms with Crippen LogP contribution in [0.5, 0.6) is 5.75 Å². The van der Waals surface area contributed by atoms with Crippen LogP contribution in [-0.4, -0.2) is 60.3 Å². The molecule has 0 unspecified atom stereocenters. The lowest BCUT2D eigenvalue weighted by atomic mass is 9.94. The number of aliphatic imine (C=N–C) groups is 1. The standard InChI is InChI=1S/C23H28N4O2S/c1-3-16-15-30-23-25-21(19-6-4-5-9-24-19)22(27(16)23)18-8-7-17(14-20(18)28-2)26-10-12-29-13-11-26/h4-9,14,16,21-22H,3,10-13,15H2,1-2H3/t16-,21+,22+/m1/s1. The molecule has 4 heterocycles. The molecule has 1 aromatic heterocycles. The van der Waals surface area contributed by atoms with Crippen molar-refractivity contribution in [1.82, 2.24) is 9.88 Å². The van der Waals surface area contributed by atoms with Crippen molar-refractivity contribution < 1.29 is 9.47 Å². The van der Waals surface area contributed by atoms with E-state index >= 15 is 0 Å². The summed E-state index contributed by atoms with van der Waals surface area (Å²) in [4.78, 5) is 14.7. The molecule has 3 aliphatic heterocycles. The largest absolute Gasteiger partial charge is 0.496 e. The van der Waals surface area contributed by atoms with Gasteiger partial charge in [0.05, 0.1) is 32.1 Å². The zero-order valence-corrected chi connectivity index (χ0v) is 18.3. The molecule has 2 aromatic rings. The Morgan fingerprint density at radius 3 is 2.80 bits per heavy atom. The van der Waals surface area contributed by atoms with E-state index in [1.807, 2.05) is 30.1 Å². The quantitative estimate of drug-likeness (QED) is 0.726. The first-order chi connectivity index (χ1) is 14.8. The number of nitrogens with zero attached hydrogens (tertiary/aromatic N) is 4. The summed E-state index contributed by atoms with van der Waals surface area (Å²) in [7, 11) is 1.77.